The molecule has 4 nitrogen and oxygen atoms in total. The van der Waals surface area contributed by atoms with Crippen molar-refractivity contribution in [1.29, 1.82) is 0 Å². The lowest BCUT2D eigenvalue weighted by molar-refractivity contribution is 0.240. The van der Waals surface area contributed by atoms with E-state index in [1.165, 1.54) is 16.7 Å². The number of methoxy groups -OCH3 is 1. The SMILES string of the molecule is COc1ccc(CCNC(=O)NCC2(c3ccc(C)cc3)CC2)cc1. The van der Waals surface area contributed by atoms with Crippen LogP contribution in [0.5, 0.6) is 5.75 Å². The van der Waals surface area contributed by atoms with Crippen LogP contribution in [0.3, 0.4) is 0 Å². The molecule has 1 aliphatic rings. The Morgan fingerprint density at radius 1 is 1.04 bits per heavy atom. The predicted molar refractivity (Wildman–Crippen MR) is 100 cm³/mol. The predicted octanol–water partition coefficient (Wildman–Crippen LogP) is 3.58. The van der Waals surface area contributed by atoms with Gasteiger partial charge in [0.2, 0.25) is 0 Å². The van der Waals surface area contributed by atoms with Crippen LogP contribution >= 0.6 is 0 Å². The number of carbonyl (C=O) groups excluding carboxylic acids is 1. The zero-order valence-electron chi connectivity index (χ0n) is 15.0. The number of nitrogens with one attached hydrogen (secondary N) is 2. The molecule has 2 amide bonds. The van der Waals surface area contributed by atoms with Crippen LogP contribution in [0.2, 0.25) is 0 Å². The van der Waals surface area contributed by atoms with Gasteiger partial charge in [-0.1, -0.05) is 42.0 Å². The van der Waals surface area contributed by atoms with Gasteiger partial charge in [0.15, 0.2) is 0 Å². The van der Waals surface area contributed by atoms with E-state index in [0.717, 1.165) is 25.0 Å². The van der Waals surface area contributed by atoms with Crippen molar-refractivity contribution in [3.05, 3.63) is 65.2 Å². The second-order valence-corrected chi connectivity index (χ2v) is 6.85. The fraction of sp³-hybridized carbons (Fsp3) is 0.381. The highest BCUT2D eigenvalue weighted by Gasteiger charge is 2.44. The maximum atomic E-state index is 12.1. The lowest BCUT2D eigenvalue weighted by Crippen LogP contribution is -2.40. The van der Waals surface area contributed by atoms with Gasteiger partial charge >= 0.3 is 6.03 Å². The van der Waals surface area contributed by atoms with E-state index < -0.39 is 0 Å². The summed E-state index contributed by atoms with van der Waals surface area (Å²) in [6.07, 6.45) is 3.09. The number of benzene rings is 2. The standard InChI is InChI=1S/C21H26N2O2/c1-16-3-7-18(8-4-16)21(12-13-21)15-23-20(24)22-14-11-17-5-9-19(25-2)10-6-17/h3-10H,11-15H2,1-2H3,(H2,22,23,24). The Morgan fingerprint density at radius 2 is 1.72 bits per heavy atom. The average Bonchev–Trinajstić information content (AvgIpc) is 3.42. The molecule has 0 heterocycles. The van der Waals surface area contributed by atoms with Gasteiger partial charge in [0.05, 0.1) is 7.11 Å². The van der Waals surface area contributed by atoms with Gasteiger partial charge in [-0.2, -0.15) is 0 Å². The minimum Gasteiger partial charge on any atom is -0.497 e. The summed E-state index contributed by atoms with van der Waals surface area (Å²) in [5.41, 5.74) is 3.92. The Balaban J connectivity index is 1.41. The summed E-state index contributed by atoms with van der Waals surface area (Å²) in [5.74, 6) is 0.847. The maximum absolute atomic E-state index is 12.1. The first-order valence-corrected chi connectivity index (χ1v) is 8.83. The van der Waals surface area contributed by atoms with Crippen molar-refractivity contribution in [2.24, 2.45) is 0 Å². The highest BCUT2D eigenvalue weighted by atomic mass is 16.5. The number of ether oxygens (including phenoxy) is 1. The fourth-order valence-electron chi connectivity index (χ4n) is 3.05. The summed E-state index contributed by atoms with van der Waals surface area (Å²) in [4.78, 5) is 12.1. The van der Waals surface area contributed by atoms with Gasteiger partial charge in [-0.05, 0) is 49.4 Å². The minimum absolute atomic E-state index is 0.0908. The van der Waals surface area contributed by atoms with Gasteiger partial charge in [0, 0.05) is 18.5 Å². The molecule has 25 heavy (non-hydrogen) atoms. The van der Waals surface area contributed by atoms with E-state index in [0.29, 0.717) is 13.1 Å². The van der Waals surface area contributed by atoms with Crippen molar-refractivity contribution < 1.29 is 9.53 Å². The number of aryl methyl sites for hydroxylation is 1. The second-order valence-electron chi connectivity index (χ2n) is 6.85. The van der Waals surface area contributed by atoms with Crippen molar-refractivity contribution in [2.75, 3.05) is 20.2 Å². The molecule has 0 spiro atoms. The minimum atomic E-state index is -0.0908. The summed E-state index contributed by atoms with van der Waals surface area (Å²) in [5, 5.41) is 5.97. The van der Waals surface area contributed by atoms with E-state index >= 15 is 0 Å². The largest absolute Gasteiger partial charge is 0.497 e. The summed E-state index contributed by atoms with van der Waals surface area (Å²) in [6.45, 7) is 3.41. The third-order valence-electron chi connectivity index (χ3n) is 4.96. The zero-order valence-corrected chi connectivity index (χ0v) is 15.0. The Hall–Kier alpha value is -2.49. The van der Waals surface area contributed by atoms with Crippen LogP contribution in [0.25, 0.3) is 0 Å². The van der Waals surface area contributed by atoms with E-state index in [-0.39, 0.29) is 11.4 Å². The molecule has 0 radical (unpaired) electrons. The fourth-order valence-corrected chi connectivity index (χ4v) is 3.05. The maximum Gasteiger partial charge on any atom is 0.314 e. The second kappa shape index (κ2) is 7.60. The molecule has 1 aliphatic carbocycles. The monoisotopic (exact) mass is 338 g/mol. The molecule has 2 aromatic rings. The van der Waals surface area contributed by atoms with Crippen molar-refractivity contribution in [1.82, 2.24) is 10.6 Å². The first kappa shape index (κ1) is 17.3. The molecule has 0 atom stereocenters. The molecule has 1 fully saturated rings. The molecule has 0 unspecified atom stereocenters. The summed E-state index contributed by atoms with van der Waals surface area (Å²) < 4.78 is 5.14. The van der Waals surface area contributed by atoms with Gasteiger partial charge in [-0.15, -0.1) is 0 Å². The molecule has 0 bridgehead atoms. The Morgan fingerprint density at radius 3 is 2.32 bits per heavy atom. The summed E-state index contributed by atoms with van der Waals surface area (Å²) in [7, 11) is 1.66. The molecular formula is C21H26N2O2. The summed E-state index contributed by atoms with van der Waals surface area (Å²) >= 11 is 0. The number of urea groups is 1. The Labute approximate surface area is 149 Å². The van der Waals surface area contributed by atoms with Crippen molar-refractivity contribution >= 4 is 6.03 Å². The average molecular weight is 338 g/mol. The van der Waals surface area contributed by atoms with E-state index in [1.54, 1.807) is 7.11 Å². The topological polar surface area (TPSA) is 50.4 Å². The third kappa shape index (κ3) is 4.53. The van der Waals surface area contributed by atoms with E-state index in [1.807, 2.05) is 24.3 Å². The molecule has 3 rings (SSSR count). The molecule has 132 valence electrons. The molecule has 1 saturated carbocycles. The number of rotatable bonds is 7. The van der Waals surface area contributed by atoms with Gasteiger partial charge in [-0.25, -0.2) is 4.79 Å². The van der Waals surface area contributed by atoms with Crippen LogP contribution in [0.4, 0.5) is 4.79 Å². The van der Waals surface area contributed by atoms with E-state index in [2.05, 4.69) is 41.8 Å². The number of amides is 2. The highest BCUT2D eigenvalue weighted by Crippen LogP contribution is 2.47. The van der Waals surface area contributed by atoms with E-state index in [4.69, 9.17) is 4.74 Å². The Bertz CT molecular complexity index is 704. The van der Waals surface area contributed by atoms with Gasteiger partial charge < -0.3 is 15.4 Å². The van der Waals surface area contributed by atoms with Crippen LogP contribution in [0, 0.1) is 6.92 Å². The van der Waals surface area contributed by atoms with Crippen LogP contribution in [-0.2, 0) is 11.8 Å². The van der Waals surface area contributed by atoms with Crippen molar-refractivity contribution in [3.8, 4) is 5.75 Å². The number of hydrogen-bond donors (Lipinski definition) is 2. The molecule has 0 aromatic heterocycles. The lowest BCUT2D eigenvalue weighted by Gasteiger charge is -2.17. The Kier molecular flexibility index (Phi) is 5.27. The zero-order chi connectivity index (χ0) is 17.7. The first-order valence-electron chi connectivity index (χ1n) is 8.83. The van der Waals surface area contributed by atoms with Crippen LogP contribution in [0.1, 0.15) is 29.5 Å². The molecule has 2 N–H and O–H groups in total. The molecule has 2 aromatic carbocycles. The molecule has 0 aliphatic heterocycles. The first-order chi connectivity index (χ1) is 12.1. The van der Waals surface area contributed by atoms with Crippen LogP contribution in [0.15, 0.2) is 48.5 Å². The summed E-state index contributed by atoms with van der Waals surface area (Å²) in [6, 6.07) is 16.5. The highest BCUT2D eigenvalue weighted by molar-refractivity contribution is 5.74. The van der Waals surface area contributed by atoms with E-state index in [9.17, 15) is 4.79 Å². The van der Waals surface area contributed by atoms with Gasteiger partial charge in [-0.3, -0.25) is 0 Å². The van der Waals surface area contributed by atoms with Crippen LogP contribution in [-0.4, -0.2) is 26.2 Å². The lowest BCUT2D eigenvalue weighted by atomic mass is 9.95. The molecule has 4 heteroatoms. The third-order valence-corrected chi connectivity index (χ3v) is 4.96. The van der Waals surface area contributed by atoms with Crippen molar-refractivity contribution in [2.45, 2.75) is 31.6 Å². The molecular weight excluding hydrogens is 312 g/mol. The number of carbonyl (C=O) groups is 1. The van der Waals surface area contributed by atoms with Gasteiger partial charge in [0.25, 0.3) is 0 Å². The number of hydrogen-bond acceptors (Lipinski definition) is 2. The smallest absolute Gasteiger partial charge is 0.314 e. The normalized spacial score (nSPS) is 14.6. The van der Waals surface area contributed by atoms with Crippen LogP contribution < -0.4 is 15.4 Å². The quantitative estimate of drug-likeness (QED) is 0.811. The molecule has 0 saturated heterocycles. The van der Waals surface area contributed by atoms with Gasteiger partial charge in [0.1, 0.15) is 5.75 Å². The van der Waals surface area contributed by atoms with Crippen molar-refractivity contribution in [3.63, 3.8) is 0 Å².